The summed E-state index contributed by atoms with van der Waals surface area (Å²) < 4.78 is 5.58. The molecule has 2 aliphatic rings. The van der Waals surface area contributed by atoms with Gasteiger partial charge in [-0.3, -0.25) is 4.90 Å². The summed E-state index contributed by atoms with van der Waals surface area (Å²) in [5.41, 5.74) is 0. The van der Waals surface area contributed by atoms with Crippen molar-refractivity contribution < 1.29 is 4.74 Å². The highest BCUT2D eigenvalue weighted by molar-refractivity contribution is 4.87. The summed E-state index contributed by atoms with van der Waals surface area (Å²) in [4.78, 5) is 2.70. The topological polar surface area (TPSA) is 24.5 Å². The van der Waals surface area contributed by atoms with Crippen LogP contribution in [0, 0.1) is 11.8 Å². The molecule has 0 saturated carbocycles. The van der Waals surface area contributed by atoms with Gasteiger partial charge < -0.3 is 10.1 Å². The number of likely N-dealkylation sites (tertiary alicyclic amines) is 1. The fourth-order valence-electron chi connectivity index (χ4n) is 3.03. The van der Waals surface area contributed by atoms with Crippen molar-refractivity contribution in [3.8, 4) is 0 Å². The Hall–Kier alpha value is -0.120. The molecule has 0 radical (unpaired) electrons. The average Bonchev–Trinajstić information content (AvgIpc) is 2.69. The standard InChI is InChI=1S/C13H26N2O/c1-3-16-10-12-9-15(8-11(12)2)13-4-6-14-7-5-13/h11-14H,3-10H2,1-2H3/t11-,12-/m1/s1. The lowest BCUT2D eigenvalue weighted by Gasteiger charge is -2.31. The van der Waals surface area contributed by atoms with E-state index in [-0.39, 0.29) is 0 Å². The van der Waals surface area contributed by atoms with Gasteiger partial charge in [0, 0.05) is 25.7 Å². The van der Waals surface area contributed by atoms with E-state index in [0.29, 0.717) is 0 Å². The van der Waals surface area contributed by atoms with Gasteiger partial charge in [-0.2, -0.15) is 0 Å². The molecule has 0 aromatic carbocycles. The molecule has 0 aromatic heterocycles. The molecule has 0 bridgehead atoms. The molecule has 0 aliphatic carbocycles. The molecule has 3 heteroatoms. The summed E-state index contributed by atoms with van der Waals surface area (Å²) in [5.74, 6) is 1.57. The molecule has 0 spiro atoms. The molecule has 3 nitrogen and oxygen atoms in total. The molecule has 2 fully saturated rings. The Morgan fingerprint density at radius 1 is 1.25 bits per heavy atom. The summed E-state index contributed by atoms with van der Waals surface area (Å²) in [6.45, 7) is 11.2. The number of nitrogens with one attached hydrogen (secondary N) is 1. The van der Waals surface area contributed by atoms with E-state index in [1.807, 2.05) is 0 Å². The van der Waals surface area contributed by atoms with Crippen molar-refractivity contribution in [3.05, 3.63) is 0 Å². The van der Waals surface area contributed by atoms with E-state index in [2.05, 4.69) is 24.1 Å². The zero-order valence-electron chi connectivity index (χ0n) is 10.7. The highest BCUT2D eigenvalue weighted by atomic mass is 16.5. The van der Waals surface area contributed by atoms with E-state index >= 15 is 0 Å². The molecule has 94 valence electrons. The normalized spacial score (nSPS) is 33.4. The van der Waals surface area contributed by atoms with Crippen LogP contribution in [0.15, 0.2) is 0 Å². The summed E-state index contributed by atoms with van der Waals surface area (Å²) in [7, 11) is 0. The first-order valence-electron chi connectivity index (χ1n) is 6.83. The van der Waals surface area contributed by atoms with Crippen LogP contribution in [-0.4, -0.2) is 50.3 Å². The zero-order valence-corrected chi connectivity index (χ0v) is 10.7. The maximum absolute atomic E-state index is 5.58. The minimum atomic E-state index is 0.759. The third kappa shape index (κ3) is 2.96. The molecule has 0 unspecified atom stereocenters. The van der Waals surface area contributed by atoms with Crippen molar-refractivity contribution in [2.24, 2.45) is 11.8 Å². The molecule has 16 heavy (non-hydrogen) atoms. The minimum Gasteiger partial charge on any atom is -0.381 e. The number of ether oxygens (including phenoxy) is 1. The fourth-order valence-corrected chi connectivity index (χ4v) is 3.03. The van der Waals surface area contributed by atoms with Crippen molar-refractivity contribution in [3.63, 3.8) is 0 Å². The number of rotatable bonds is 4. The van der Waals surface area contributed by atoms with Crippen molar-refractivity contribution in [2.45, 2.75) is 32.7 Å². The van der Waals surface area contributed by atoms with Crippen LogP contribution in [-0.2, 0) is 4.74 Å². The Balaban J connectivity index is 1.80. The molecule has 2 saturated heterocycles. The quantitative estimate of drug-likeness (QED) is 0.783. The van der Waals surface area contributed by atoms with Crippen LogP contribution in [0.25, 0.3) is 0 Å². The van der Waals surface area contributed by atoms with Crippen LogP contribution in [0.1, 0.15) is 26.7 Å². The maximum atomic E-state index is 5.58. The lowest BCUT2D eigenvalue weighted by atomic mass is 9.99. The first-order chi connectivity index (χ1) is 7.81. The molecule has 2 rings (SSSR count). The Labute approximate surface area is 99.5 Å². The van der Waals surface area contributed by atoms with Crippen molar-refractivity contribution in [1.29, 1.82) is 0 Å². The van der Waals surface area contributed by atoms with E-state index in [4.69, 9.17) is 4.74 Å². The predicted octanol–water partition coefficient (Wildman–Crippen LogP) is 1.34. The fraction of sp³-hybridized carbons (Fsp3) is 1.00. The molecule has 0 aromatic rings. The van der Waals surface area contributed by atoms with Gasteiger partial charge in [-0.25, -0.2) is 0 Å². The van der Waals surface area contributed by atoms with Gasteiger partial charge in [0.1, 0.15) is 0 Å². The second kappa shape index (κ2) is 5.99. The average molecular weight is 226 g/mol. The molecule has 2 aliphatic heterocycles. The van der Waals surface area contributed by atoms with Crippen molar-refractivity contribution in [2.75, 3.05) is 39.4 Å². The summed E-state index contributed by atoms with van der Waals surface area (Å²) in [5, 5.41) is 3.44. The van der Waals surface area contributed by atoms with E-state index in [0.717, 1.165) is 31.1 Å². The summed E-state index contributed by atoms with van der Waals surface area (Å²) >= 11 is 0. The SMILES string of the molecule is CCOC[C@H]1CN(C2CCNCC2)C[C@H]1C. The van der Waals surface area contributed by atoms with Crippen LogP contribution >= 0.6 is 0 Å². The molecule has 1 N–H and O–H groups in total. The minimum absolute atomic E-state index is 0.759. The van der Waals surface area contributed by atoms with Gasteiger partial charge in [0.15, 0.2) is 0 Å². The van der Waals surface area contributed by atoms with Gasteiger partial charge in [0.2, 0.25) is 0 Å². The first-order valence-corrected chi connectivity index (χ1v) is 6.83. The summed E-state index contributed by atoms with van der Waals surface area (Å²) in [6.07, 6.45) is 2.65. The van der Waals surface area contributed by atoms with E-state index < -0.39 is 0 Å². The number of hydrogen-bond donors (Lipinski definition) is 1. The predicted molar refractivity (Wildman–Crippen MR) is 66.6 cm³/mol. The third-order valence-corrected chi connectivity index (χ3v) is 4.16. The van der Waals surface area contributed by atoms with Crippen LogP contribution in [0.4, 0.5) is 0 Å². The van der Waals surface area contributed by atoms with E-state index in [9.17, 15) is 0 Å². The van der Waals surface area contributed by atoms with Crippen LogP contribution < -0.4 is 5.32 Å². The van der Waals surface area contributed by atoms with Crippen LogP contribution in [0.3, 0.4) is 0 Å². The molecule has 0 amide bonds. The zero-order chi connectivity index (χ0) is 11.4. The third-order valence-electron chi connectivity index (χ3n) is 4.16. The molecule has 2 heterocycles. The van der Waals surface area contributed by atoms with Gasteiger partial charge in [-0.15, -0.1) is 0 Å². The molecule has 2 atom stereocenters. The number of piperidine rings is 1. The lowest BCUT2D eigenvalue weighted by molar-refractivity contribution is 0.0983. The monoisotopic (exact) mass is 226 g/mol. The van der Waals surface area contributed by atoms with Crippen molar-refractivity contribution >= 4 is 0 Å². The number of hydrogen-bond acceptors (Lipinski definition) is 3. The maximum Gasteiger partial charge on any atom is 0.0509 e. The Morgan fingerprint density at radius 2 is 2.00 bits per heavy atom. The van der Waals surface area contributed by atoms with Gasteiger partial charge >= 0.3 is 0 Å². The van der Waals surface area contributed by atoms with Crippen molar-refractivity contribution in [1.82, 2.24) is 10.2 Å². The highest BCUT2D eigenvalue weighted by Gasteiger charge is 2.33. The van der Waals surface area contributed by atoms with Gasteiger partial charge in [-0.1, -0.05) is 6.92 Å². The molecular formula is C13H26N2O. The molecular weight excluding hydrogens is 200 g/mol. The largest absolute Gasteiger partial charge is 0.381 e. The summed E-state index contributed by atoms with van der Waals surface area (Å²) in [6, 6.07) is 0.829. The van der Waals surface area contributed by atoms with E-state index in [1.54, 1.807) is 0 Å². The van der Waals surface area contributed by atoms with Crippen LogP contribution in [0.5, 0.6) is 0 Å². The smallest absolute Gasteiger partial charge is 0.0509 e. The Kier molecular flexibility index (Phi) is 4.62. The number of nitrogens with zero attached hydrogens (tertiary/aromatic N) is 1. The first kappa shape index (κ1) is 12.3. The van der Waals surface area contributed by atoms with Gasteiger partial charge in [-0.05, 0) is 44.7 Å². The Morgan fingerprint density at radius 3 is 2.69 bits per heavy atom. The van der Waals surface area contributed by atoms with Gasteiger partial charge in [0.25, 0.3) is 0 Å². The second-order valence-corrected chi connectivity index (χ2v) is 5.33. The highest BCUT2D eigenvalue weighted by Crippen LogP contribution is 2.27. The Bertz CT molecular complexity index is 204. The van der Waals surface area contributed by atoms with Gasteiger partial charge in [0.05, 0.1) is 6.61 Å². The second-order valence-electron chi connectivity index (χ2n) is 5.33. The lowest BCUT2D eigenvalue weighted by Crippen LogP contribution is -2.42. The van der Waals surface area contributed by atoms with E-state index in [1.165, 1.54) is 39.0 Å². The van der Waals surface area contributed by atoms with Crippen LogP contribution in [0.2, 0.25) is 0 Å².